The summed E-state index contributed by atoms with van der Waals surface area (Å²) < 4.78 is 16.7. The first kappa shape index (κ1) is 16.1. The molecule has 0 saturated heterocycles. The summed E-state index contributed by atoms with van der Waals surface area (Å²) in [4.78, 5) is 11.3. The van der Waals surface area contributed by atoms with Crippen LogP contribution in [0.2, 0.25) is 5.02 Å². The molecule has 0 aliphatic rings. The van der Waals surface area contributed by atoms with Gasteiger partial charge in [-0.2, -0.15) is 0 Å². The third kappa shape index (κ3) is 2.60. The van der Waals surface area contributed by atoms with Crippen molar-refractivity contribution in [3.63, 3.8) is 0 Å². The minimum atomic E-state index is -0.936. The van der Waals surface area contributed by atoms with Crippen molar-refractivity contribution in [3.8, 4) is 11.1 Å². The highest BCUT2D eigenvalue weighted by atomic mass is 35.5. The summed E-state index contributed by atoms with van der Waals surface area (Å²) in [6.07, 6.45) is 0. The van der Waals surface area contributed by atoms with E-state index in [1.165, 1.54) is 12.1 Å². The van der Waals surface area contributed by atoms with Gasteiger partial charge < -0.3 is 9.67 Å². The summed E-state index contributed by atoms with van der Waals surface area (Å²) >= 11 is 7.74. The topological polar surface area (TPSA) is 42.2 Å². The van der Waals surface area contributed by atoms with Crippen molar-refractivity contribution in [2.75, 3.05) is 0 Å². The van der Waals surface area contributed by atoms with Crippen LogP contribution in [-0.4, -0.2) is 15.6 Å². The molecule has 0 atom stereocenters. The van der Waals surface area contributed by atoms with Gasteiger partial charge in [-0.1, -0.05) is 11.6 Å². The predicted molar refractivity (Wildman–Crippen MR) is 100 cm³/mol. The van der Waals surface area contributed by atoms with Crippen LogP contribution in [0.5, 0.6) is 0 Å². The highest BCUT2D eigenvalue weighted by molar-refractivity contribution is 7.17. The number of nitrogens with zero attached hydrogens (tertiary/aromatic N) is 1. The maximum Gasteiger partial charge on any atom is 0.323 e. The van der Waals surface area contributed by atoms with E-state index in [-0.39, 0.29) is 12.4 Å². The van der Waals surface area contributed by atoms with E-state index < -0.39 is 5.97 Å². The largest absolute Gasteiger partial charge is 0.480 e. The first-order chi connectivity index (χ1) is 12.0. The molecule has 0 aliphatic carbocycles. The number of rotatable bonds is 3. The van der Waals surface area contributed by atoms with Crippen LogP contribution < -0.4 is 0 Å². The molecular weight excluding hydrogens is 361 g/mol. The van der Waals surface area contributed by atoms with Gasteiger partial charge in [0.15, 0.2) is 0 Å². The first-order valence-corrected chi connectivity index (χ1v) is 8.88. The first-order valence-electron chi connectivity index (χ1n) is 7.63. The van der Waals surface area contributed by atoms with Crippen LogP contribution in [0.25, 0.3) is 32.1 Å². The van der Waals surface area contributed by atoms with Gasteiger partial charge >= 0.3 is 5.97 Å². The summed E-state index contributed by atoms with van der Waals surface area (Å²) in [5.41, 5.74) is 3.30. The van der Waals surface area contributed by atoms with E-state index in [0.717, 1.165) is 26.9 Å². The molecule has 3 nitrogen and oxygen atoms in total. The fourth-order valence-corrected chi connectivity index (χ4v) is 4.43. The summed E-state index contributed by atoms with van der Waals surface area (Å²) in [5, 5.41) is 13.6. The average Bonchev–Trinajstić information content (AvgIpc) is 3.06. The Labute approximate surface area is 151 Å². The molecule has 2 aromatic carbocycles. The smallest absolute Gasteiger partial charge is 0.323 e. The number of carboxylic acids is 1. The van der Waals surface area contributed by atoms with E-state index in [1.54, 1.807) is 22.0 Å². The second-order valence-corrected chi connectivity index (χ2v) is 7.24. The van der Waals surface area contributed by atoms with Crippen LogP contribution in [0.1, 0.15) is 5.69 Å². The number of fused-ring (bicyclic) bond motifs is 2. The molecule has 0 spiro atoms. The number of thiophene rings is 1. The zero-order chi connectivity index (χ0) is 17.7. The number of aliphatic carboxylic acids is 1. The molecule has 0 fully saturated rings. The normalized spacial score (nSPS) is 11.5. The maximum absolute atomic E-state index is 13.9. The molecule has 126 valence electrons. The Kier molecular flexibility index (Phi) is 3.78. The lowest BCUT2D eigenvalue weighted by molar-refractivity contribution is -0.137. The highest BCUT2D eigenvalue weighted by Gasteiger charge is 2.20. The van der Waals surface area contributed by atoms with Crippen molar-refractivity contribution in [1.29, 1.82) is 0 Å². The Bertz CT molecular complexity index is 1150. The van der Waals surface area contributed by atoms with Gasteiger partial charge in [-0.25, -0.2) is 4.39 Å². The number of carboxylic acid groups (broad SMARTS) is 1. The molecular formula is C19H13ClFNO2S. The van der Waals surface area contributed by atoms with Crippen LogP contribution in [0.15, 0.2) is 41.8 Å². The van der Waals surface area contributed by atoms with Crippen LogP contribution in [0.3, 0.4) is 0 Å². The van der Waals surface area contributed by atoms with Gasteiger partial charge in [-0.3, -0.25) is 4.79 Å². The number of hydrogen-bond donors (Lipinski definition) is 1. The summed E-state index contributed by atoms with van der Waals surface area (Å²) in [6, 6.07) is 10.1. The Balaban J connectivity index is 2.09. The van der Waals surface area contributed by atoms with Crippen molar-refractivity contribution >= 4 is 49.9 Å². The lowest BCUT2D eigenvalue weighted by Crippen LogP contribution is -2.09. The molecule has 0 aliphatic heterocycles. The zero-order valence-corrected chi connectivity index (χ0v) is 14.8. The molecule has 0 saturated carbocycles. The SMILES string of the molecule is Cc1c(-c2csc3ccc(Cl)cc23)c2cc(F)ccc2n1CC(=O)O. The molecule has 0 amide bonds. The molecule has 1 N–H and O–H groups in total. The Hall–Kier alpha value is -2.37. The molecule has 4 rings (SSSR count). The van der Waals surface area contributed by atoms with Gasteiger partial charge in [0, 0.05) is 42.8 Å². The molecule has 0 bridgehead atoms. The Morgan fingerprint density at radius 1 is 1.24 bits per heavy atom. The van der Waals surface area contributed by atoms with E-state index in [4.69, 9.17) is 11.6 Å². The predicted octanol–water partition coefficient (Wildman–Crippen LogP) is 5.71. The molecule has 2 aromatic heterocycles. The summed E-state index contributed by atoms with van der Waals surface area (Å²) in [6.45, 7) is 1.70. The van der Waals surface area contributed by atoms with Crippen molar-refractivity contribution < 1.29 is 14.3 Å². The fourth-order valence-electron chi connectivity index (χ4n) is 3.33. The molecule has 0 unspecified atom stereocenters. The van der Waals surface area contributed by atoms with Crippen LogP contribution >= 0.6 is 22.9 Å². The molecule has 0 radical (unpaired) electrons. The average molecular weight is 374 g/mol. The lowest BCUT2D eigenvalue weighted by Gasteiger charge is -2.05. The van der Waals surface area contributed by atoms with E-state index in [1.807, 2.05) is 30.5 Å². The third-order valence-corrected chi connectivity index (χ3v) is 5.58. The van der Waals surface area contributed by atoms with Crippen molar-refractivity contribution in [2.24, 2.45) is 0 Å². The number of halogens is 2. The quantitative estimate of drug-likeness (QED) is 0.500. The standard InChI is InChI=1S/C19H13ClFNO2S/c1-10-19(15-9-25-17-5-2-11(20)6-13(15)17)14-7-12(21)3-4-16(14)22(10)8-18(23)24/h2-7,9H,8H2,1H3,(H,23,24). The van der Waals surface area contributed by atoms with Gasteiger partial charge in [0.2, 0.25) is 0 Å². The van der Waals surface area contributed by atoms with Gasteiger partial charge in [0.25, 0.3) is 0 Å². The second kappa shape index (κ2) is 5.86. The van der Waals surface area contributed by atoms with Gasteiger partial charge in [0.05, 0.1) is 0 Å². The number of carbonyl (C=O) groups is 1. The Morgan fingerprint density at radius 3 is 2.80 bits per heavy atom. The Morgan fingerprint density at radius 2 is 2.04 bits per heavy atom. The van der Waals surface area contributed by atoms with Crippen LogP contribution in [0.4, 0.5) is 4.39 Å². The van der Waals surface area contributed by atoms with Crippen molar-refractivity contribution in [1.82, 2.24) is 4.57 Å². The summed E-state index contributed by atoms with van der Waals surface area (Å²) in [7, 11) is 0. The number of aromatic nitrogens is 1. The van der Waals surface area contributed by atoms with E-state index in [9.17, 15) is 14.3 Å². The monoisotopic (exact) mass is 373 g/mol. The molecule has 4 aromatic rings. The van der Waals surface area contributed by atoms with Crippen molar-refractivity contribution in [3.05, 3.63) is 58.3 Å². The third-order valence-electron chi connectivity index (χ3n) is 4.38. The number of benzene rings is 2. The van der Waals surface area contributed by atoms with Gasteiger partial charge in [0.1, 0.15) is 12.4 Å². The molecule has 25 heavy (non-hydrogen) atoms. The maximum atomic E-state index is 13.9. The van der Waals surface area contributed by atoms with E-state index >= 15 is 0 Å². The van der Waals surface area contributed by atoms with Gasteiger partial charge in [-0.15, -0.1) is 11.3 Å². The minimum Gasteiger partial charge on any atom is -0.480 e. The fraction of sp³-hybridized carbons (Fsp3) is 0.105. The number of hydrogen-bond acceptors (Lipinski definition) is 2. The molecule has 2 heterocycles. The lowest BCUT2D eigenvalue weighted by atomic mass is 10.0. The highest BCUT2D eigenvalue weighted by Crippen LogP contribution is 2.42. The second-order valence-electron chi connectivity index (χ2n) is 5.89. The van der Waals surface area contributed by atoms with Crippen LogP contribution in [-0.2, 0) is 11.3 Å². The van der Waals surface area contributed by atoms with Gasteiger partial charge in [-0.05, 0) is 48.7 Å². The zero-order valence-electron chi connectivity index (χ0n) is 13.2. The van der Waals surface area contributed by atoms with Crippen molar-refractivity contribution in [2.45, 2.75) is 13.5 Å². The van der Waals surface area contributed by atoms with E-state index in [2.05, 4.69) is 0 Å². The molecule has 6 heteroatoms. The van der Waals surface area contributed by atoms with E-state index in [0.29, 0.717) is 15.9 Å². The summed E-state index contributed by atoms with van der Waals surface area (Å²) in [5.74, 6) is -1.28. The van der Waals surface area contributed by atoms with Crippen LogP contribution in [0, 0.1) is 12.7 Å². The minimum absolute atomic E-state index is 0.170.